The number of rotatable bonds is 7. The number of hydrogen-bond acceptors (Lipinski definition) is 7. The Hall–Kier alpha value is -8.81. The third kappa shape index (κ3) is 6.48. The van der Waals surface area contributed by atoms with Crippen molar-refractivity contribution in [2.45, 2.75) is 11.8 Å². The molecule has 3 aliphatic carbocycles. The van der Waals surface area contributed by atoms with E-state index in [0.717, 1.165) is 55.4 Å². The summed E-state index contributed by atoms with van der Waals surface area (Å²) in [6, 6.07) is 71.8. The SMILES string of the molecule is c1ccc(-c2nc(-c3ccccc3)nc(-c3ccc4c(c3)C3c5ccccc5C4c4cc(-c5nc(-c6ccccc6)nc(-c6cccc(-c7ccc8ncccc8c7)c6)n5)ccc43)n2)cc1. The number of nitrogens with zero attached hydrogens (tertiary/aromatic N) is 7. The van der Waals surface area contributed by atoms with Crippen molar-refractivity contribution in [3.05, 3.63) is 246 Å². The van der Waals surface area contributed by atoms with Gasteiger partial charge in [-0.1, -0.05) is 170 Å². The second-order valence-corrected chi connectivity index (χ2v) is 16.9. The minimum absolute atomic E-state index is 0.0204. The molecule has 7 heteroatoms. The minimum Gasteiger partial charge on any atom is -0.256 e. The normalized spacial score (nSPS) is 14.4. The summed E-state index contributed by atoms with van der Waals surface area (Å²) in [5.41, 5.74) is 16.6. The maximum Gasteiger partial charge on any atom is 0.164 e. The molecule has 0 radical (unpaired) electrons. The van der Waals surface area contributed by atoms with E-state index in [1.54, 1.807) is 0 Å². The van der Waals surface area contributed by atoms with Gasteiger partial charge in [0.15, 0.2) is 34.9 Å². The van der Waals surface area contributed by atoms with E-state index < -0.39 is 0 Å². The van der Waals surface area contributed by atoms with Crippen molar-refractivity contribution < 1.29 is 0 Å². The summed E-state index contributed by atoms with van der Waals surface area (Å²) in [4.78, 5) is 35.2. The molecule has 0 saturated carbocycles. The van der Waals surface area contributed by atoms with Gasteiger partial charge in [0.05, 0.1) is 5.52 Å². The van der Waals surface area contributed by atoms with Gasteiger partial charge in [0.1, 0.15) is 0 Å². The van der Waals surface area contributed by atoms with Gasteiger partial charge < -0.3 is 0 Å². The van der Waals surface area contributed by atoms with Crippen molar-refractivity contribution in [2.75, 3.05) is 0 Å². The third-order valence-electron chi connectivity index (χ3n) is 13.0. The van der Waals surface area contributed by atoms with Crippen LogP contribution in [0.15, 0.2) is 212 Å². The van der Waals surface area contributed by atoms with Gasteiger partial charge in [-0.3, -0.25) is 4.98 Å². The van der Waals surface area contributed by atoms with Crippen LogP contribution in [0.2, 0.25) is 0 Å². The van der Waals surface area contributed by atoms with Crippen LogP contribution >= 0.6 is 0 Å². The predicted octanol–water partition coefficient (Wildman–Crippen LogP) is 13.3. The molecule has 66 heavy (non-hydrogen) atoms. The van der Waals surface area contributed by atoms with Crippen LogP contribution in [0.25, 0.3) is 90.4 Å². The summed E-state index contributed by atoms with van der Waals surface area (Å²) in [5, 5.41) is 1.10. The second-order valence-electron chi connectivity index (χ2n) is 16.9. The molecule has 308 valence electrons. The van der Waals surface area contributed by atoms with Crippen molar-refractivity contribution >= 4 is 10.9 Å². The lowest BCUT2D eigenvalue weighted by Crippen LogP contribution is -2.27. The van der Waals surface area contributed by atoms with E-state index in [-0.39, 0.29) is 11.8 Å². The van der Waals surface area contributed by atoms with Crippen LogP contribution in [0.4, 0.5) is 0 Å². The molecule has 7 nitrogen and oxygen atoms in total. The fourth-order valence-electron chi connectivity index (χ4n) is 9.88. The zero-order chi connectivity index (χ0) is 43.6. The van der Waals surface area contributed by atoms with Gasteiger partial charge in [-0.15, -0.1) is 0 Å². The maximum absolute atomic E-state index is 5.24. The lowest BCUT2D eigenvalue weighted by molar-refractivity contribution is 0.754. The summed E-state index contributed by atoms with van der Waals surface area (Å²) >= 11 is 0. The number of pyridine rings is 1. The molecule has 2 bridgehead atoms. The Bertz CT molecular complexity index is 3610. The molecule has 0 fully saturated rings. The van der Waals surface area contributed by atoms with Crippen molar-refractivity contribution in [3.63, 3.8) is 0 Å². The Morgan fingerprint density at radius 2 is 0.621 bits per heavy atom. The van der Waals surface area contributed by atoms with Crippen LogP contribution in [-0.2, 0) is 0 Å². The van der Waals surface area contributed by atoms with E-state index in [2.05, 4.69) is 126 Å². The number of aromatic nitrogens is 7. The fourth-order valence-corrected chi connectivity index (χ4v) is 9.88. The molecule has 0 N–H and O–H groups in total. The molecule has 14 rings (SSSR count). The number of benzene rings is 8. The lowest BCUT2D eigenvalue weighted by atomic mass is 9.61. The Morgan fingerprint density at radius 3 is 1.12 bits per heavy atom. The van der Waals surface area contributed by atoms with E-state index in [9.17, 15) is 0 Å². The molecule has 3 aromatic heterocycles. The summed E-state index contributed by atoms with van der Waals surface area (Å²) < 4.78 is 0. The summed E-state index contributed by atoms with van der Waals surface area (Å²) in [6.07, 6.45) is 1.83. The average molecular weight is 844 g/mol. The summed E-state index contributed by atoms with van der Waals surface area (Å²) in [6.45, 7) is 0. The second kappa shape index (κ2) is 15.5. The van der Waals surface area contributed by atoms with E-state index in [1.165, 1.54) is 33.4 Å². The van der Waals surface area contributed by atoms with Crippen LogP contribution in [0, 0.1) is 0 Å². The molecule has 0 saturated heterocycles. The van der Waals surface area contributed by atoms with Gasteiger partial charge in [-0.05, 0) is 80.9 Å². The summed E-state index contributed by atoms with van der Waals surface area (Å²) in [5.74, 6) is 3.87. The molecule has 8 aromatic carbocycles. The Morgan fingerprint density at radius 1 is 0.242 bits per heavy atom. The molecule has 3 heterocycles. The highest BCUT2D eigenvalue weighted by Crippen LogP contribution is 2.56. The fraction of sp³-hybridized carbons (Fsp3) is 0.0339. The largest absolute Gasteiger partial charge is 0.256 e. The van der Waals surface area contributed by atoms with Crippen molar-refractivity contribution in [1.82, 2.24) is 34.9 Å². The zero-order valence-electron chi connectivity index (χ0n) is 35.5. The predicted molar refractivity (Wildman–Crippen MR) is 261 cm³/mol. The number of fused-ring (bicyclic) bond motifs is 1. The molecular weight excluding hydrogens is 807 g/mol. The topological polar surface area (TPSA) is 90.2 Å². The molecule has 3 aliphatic rings. The molecule has 2 unspecified atom stereocenters. The number of hydrogen-bond donors (Lipinski definition) is 0. The molecule has 11 aromatic rings. The van der Waals surface area contributed by atoms with Gasteiger partial charge in [-0.2, -0.15) is 0 Å². The standard InChI is InChI=1S/C59H37N7/c1-4-14-36(15-5-1)54-61-55(37-16-6-2-7-17-37)64-58(63-54)43-25-28-47-49(34-43)52-45-23-10-11-24-46(45)53(47)50-35-44(26-29-48(50)52)59-65-56(38-18-8-3-9-19-38)62-57(66-59)42-21-12-20-39(33-42)40-27-30-51-41(32-40)22-13-31-60-51/h1-35,52-53H. The molecule has 0 amide bonds. The van der Waals surface area contributed by atoms with E-state index >= 15 is 0 Å². The van der Waals surface area contributed by atoms with Crippen LogP contribution in [0.1, 0.15) is 45.2 Å². The van der Waals surface area contributed by atoms with Crippen LogP contribution in [-0.4, -0.2) is 34.9 Å². The molecule has 2 atom stereocenters. The lowest BCUT2D eigenvalue weighted by Gasteiger charge is -2.42. The first-order valence-corrected chi connectivity index (χ1v) is 22.2. The van der Waals surface area contributed by atoms with Crippen molar-refractivity contribution in [3.8, 4) is 79.5 Å². The quantitative estimate of drug-likeness (QED) is 0.158. The van der Waals surface area contributed by atoms with Crippen LogP contribution in [0.5, 0.6) is 0 Å². The molecular formula is C59H37N7. The molecule has 0 spiro atoms. The molecule has 0 aliphatic heterocycles. The van der Waals surface area contributed by atoms with Gasteiger partial charge in [0.2, 0.25) is 0 Å². The van der Waals surface area contributed by atoms with Crippen molar-refractivity contribution in [1.29, 1.82) is 0 Å². The Kier molecular flexibility index (Phi) is 8.84. The first-order chi connectivity index (χ1) is 32.7. The van der Waals surface area contributed by atoms with Gasteiger partial charge >= 0.3 is 0 Å². The third-order valence-corrected chi connectivity index (χ3v) is 13.0. The monoisotopic (exact) mass is 843 g/mol. The van der Waals surface area contributed by atoms with Gasteiger partial charge in [-0.25, -0.2) is 29.9 Å². The zero-order valence-corrected chi connectivity index (χ0v) is 35.5. The van der Waals surface area contributed by atoms with Gasteiger partial charge in [0, 0.05) is 56.8 Å². The van der Waals surface area contributed by atoms with Gasteiger partial charge in [0.25, 0.3) is 0 Å². The van der Waals surface area contributed by atoms with E-state index in [0.29, 0.717) is 34.9 Å². The first kappa shape index (κ1) is 37.7. The summed E-state index contributed by atoms with van der Waals surface area (Å²) in [7, 11) is 0. The Balaban J connectivity index is 0.921. The average Bonchev–Trinajstić information content (AvgIpc) is 3.40. The van der Waals surface area contributed by atoms with E-state index in [1.807, 2.05) is 91.1 Å². The van der Waals surface area contributed by atoms with Crippen LogP contribution < -0.4 is 0 Å². The highest BCUT2D eigenvalue weighted by atomic mass is 15.0. The van der Waals surface area contributed by atoms with Crippen LogP contribution in [0.3, 0.4) is 0 Å². The maximum atomic E-state index is 5.24. The van der Waals surface area contributed by atoms with E-state index in [4.69, 9.17) is 29.9 Å². The van der Waals surface area contributed by atoms with Crippen molar-refractivity contribution in [2.24, 2.45) is 0 Å². The smallest absolute Gasteiger partial charge is 0.164 e. The minimum atomic E-state index is 0.0204. The highest BCUT2D eigenvalue weighted by molar-refractivity contribution is 5.85. The Labute approximate surface area is 381 Å². The first-order valence-electron chi connectivity index (χ1n) is 22.2. The highest BCUT2D eigenvalue weighted by Gasteiger charge is 2.41.